The smallest absolute Gasteiger partial charge is 0.295 e. The van der Waals surface area contributed by atoms with Crippen molar-refractivity contribution in [2.45, 2.75) is 32.5 Å². The highest BCUT2D eigenvalue weighted by atomic mass is 16.5. The number of imidazole rings is 1. The molecule has 0 saturated carbocycles. The molecule has 5 rings (SSSR count). The number of nitrogens with zero attached hydrogens (tertiary/aromatic N) is 3. The van der Waals surface area contributed by atoms with E-state index in [4.69, 9.17) is 4.74 Å². The van der Waals surface area contributed by atoms with Crippen LogP contribution < -0.4 is 4.74 Å². The summed E-state index contributed by atoms with van der Waals surface area (Å²) in [4.78, 5) is 31.9. The van der Waals surface area contributed by atoms with E-state index in [2.05, 4.69) is 11.1 Å². The lowest BCUT2D eigenvalue weighted by molar-refractivity contribution is -0.139. The van der Waals surface area contributed by atoms with Crippen molar-refractivity contribution in [1.82, 2.24) is 14.5 Å². The zero-order chi connectivity index (χ0) is 27.4. The van der Waals surface area contributed by atoms with Crippen molar-refractivity contribution in [3.63, 3.8) is 0 Å². The predicted molar refractivity (Wildman–Crippen MR) is 146 cm³/mol. The Labute approximate surface area is 226 Å². The number of likely N-dealkylation sites (tertiary alicyclic amines) is 1. The second-order valence-electron chi connectivity index (χ2n) is 9.54. The second-order valence-corrected chi connectivity index (χ2v) is 9.54. The van der Waals surface area contributed by atoms with Gasteiger partial charge in [0, 0.05) is 31.0 Å². The Morgan fingerprint density at radius 3 is 2.46 bits per heavy atom. The van der Waals surface area contributed by atoms with E-state index in [1.165, 1.54) is 17.0 Å². The number of aryl methyl sites for hydroxylation is 2. The van der Waals surface area contributed by atoms with Crippen LogP contribution in [0.5, 0.6) is 11.5 Å². The molecular formula is C31H29N3O5. The number of amides is 1. The molecule has 2 heterocycles. The van der Waals surface area contributed by atoms with Crippen LogP contribution in [0.2, 0.25) is 0 Å². The van der Waals surface area contributed by atoms with Crippen molar-refractivity contribution >= 4 is 17.4 Å². The highest BCUT2D eigenvalue weighted by Gasteiger charge is 2.45. The quantitative estimate of drug-likeness (QED) is 0.182. The lowest BCUT2D eigenvalue weighted by atomic mass is 9.95. The SMILES string of the molecule is Cc1cccc(COc2ccc(C(O)=C3C(=O)C(=O)N(CCCn4ccnc4)C3c3ccc(O)cc3)cc2)c1. The Kier molecular flexibility index (Phi) is 7.45. The number of phenols is 1. The first kappa shape index (κ1) is 25.8. The lowest BCUT2D eigenvalue weighted by Crippen LogP contribution is -2.31. The van der Waals surface area contributed by atoms with Crippen LogP contribution in [0.1, 0.15) is 34.7 Å². The number of carbonyl (C=O) groups is 2. The first-order valence-corrected chi connectivity index (χ1v) is 12.7. The maximum absolute atomic E-state index is 13.2. The molecular weight excluding hydrogens is 494 g/mol. The summed E-state index contributed by atoms with van der Waals surface area (Å²) in [6.45, 7) is 3.35. The van der Waals surface area contributed by atoms with Crippen LogP contribution in [0, 0.1) is 6.92 Å². The van der Waals surface area contributed by atoms with Gasteiger partial charge in [0.1, 0.15) is 23.9 Å². The van der Waals surface area contributed by atoms with Gasteiger partial charge in [-0.2, -0.15) is 0 Å². The number of hydrogen-bond acceptors (Lipinski definition) is 6. The van der Waals surface area contributed by atoms with Gasteiger partial charge in [-0.15, -0.1) is 0 Å². The van der Waals surface area contributed by atoms with Gasteiger partial charge in [0.2, 0.25) is 0 Å². The fourth-order valence-corrected chi connectivity index (χ4v) is 4.79. The third-order valence-corrected chi connectivity index (χ3v) is 6.74. The summed E-state index contributed by atoms with van der Waals surface area (Å²) in [5, 5.41) is 21.1. The van der Waals surface area contributed by atoms with E-state index in [0.717, 1.165) is 11.1 Å². The van der Waals surface area contributed by atoms with Crippen LogP contribution in [-0.2, 0) is 22.7 Å². The molecule has 0 spiro atoms. The molecule has 1 fully saturated rings. The number of aliphatic hydroxyl groups is 1. The van der Waals surface area contributed by atoms with Gasteiger partial charge in [0.05, 0.1) is 17.9 Å². The Balaban J connectivity index is 1.41. The van der Waals surface area contributed by atoms with E-state index in [1.54, 1.807) is 48.9 Å². The zero-order valence-corrected chi connectivity index (χ0v) is 21.5. The number of aromatic hydroxyl groups is 1. The summed E-state index contributed by atoms with van der Waals surface area (Å²) >= 11 is 0. The van der Waals surface area contributed by atoms with Gasteiger partial charge in [0.25, 0.3) is 11.7 Å². The molecule has 1 aromatic heterocycles. The van der Waals surface area contributed by atoms with Gasteiger partial charge in [-0.1, -0.05) is 42.0 Å². The van der Waals surface area contributed by atoms with Crippen LogP contribution in [0.25, 0.3) is 5.76 Å². The number of aliphatic hydroxyl groups excluding tert-OH is 1. The van der Waals surface area contributed by atoms with Gasteiger partial charge >= 0.3 is 0 Å². The molecule has 4 aromatic rings. The Hall–Kier alpha value is -4.85. The molecule has 198 valence electrons. The first-order valence-electron chi connectivity index (χ1n) is 12.7. The van der Waals surface area contributed by atoms with Crippen LogP contribution in [0.4, 0.5) is 0 Å². The summed E-state index contributed by atoms with van der Waals surface area (Å²) in [5.41, 5.74) is 3.23. The van der Waals surface area contributed by atoms with Gasteiger partial charge in [-0.05, 0) is 60.9 Å². The van der Waals surface area contributed by atoms with Crippen LogP contribution in [0.3, 0.4) is 0 Å². The lowest BCUT2D eigenvalue weighted by Gasteiger charge is -2.25. The Morgan fingerprint density at radius 1 is 1.00 bits per heavy atom. The van der Waals surface area contributed by atoms with E-state index in [-0.39, 0.29) is 17.1 Å². The molecule has 1 aliphatic heterocycles. The van der Waals surface area contributed by atoms with Crippen LogP contribution in [-0.4, -0.2) is 42.9 Å². The van der Waals surface area contributed by atoms with Crippen molar-refractivity contribution in [1.29, 1.82) is 0 Å². The summed E-state index contributed by atoms with van der Waals surface area (Å²) < 4.78 is 7.78. The van der Waals surface area contributed by atoms with Crippen molar-refractivity contribution in [2.75, 3.05) is 6.54 Å². The number of phenolic OH excluding ortho intramolecular Hbond substituents is 1. The maximum Gasteiger partial charge on any atom is 0.295 e. The minimum atomic E-state index is -0.786. The number of rotatable bonds is 9. The molecule has 2 N–H and O–H groups in total. The largest absolute Gasteiger partial charge is 0.508 e. The number of carbonyl (C=O) groups excluding carboxylic acids is 2. The molecule has 3 aromatic carbocycles. The van der Waals surface area contributed by atoms with E-state index in [0.29, 0.717) is 43.0 Å². The zero-order valence-electron chi connectivity index (χ0n) is 21.5. The number of hydrogen-bond donors (Lipinski definition) is 2. The van der Waals surface area contributed by atoms with E-state index in [9.17, 15) is 19.8 Å². The van der Waals surface area contributed by atoms with Crippen molar-refractivity contribution in [3.8, 4) is 11.5 Å². The molecule has 1 amide bonds. The number of Topliss-reactive ketones (excluding diaryl/α,β-unsaturated/α-hetero) is 1. The fourth-order valence-electron chi connectivity index (χ4n) is 4.79. The molecule has 39 heavy (non-hydrogen) atoms. The Bertz CT molecular complexity index is 1490. The molecule has 8 nitrogen and oxygen atoms in total. The van der Waals surface area contributed by atoms with E-state index >= 15 is 0 Å². The summed E-state index contributed by atoms with van der Waals surface area (Å²) in [6, 6.07) is 20.4. The number of aromatic nitrogens is 2. The van der Waals surface area contributed by atoms with Gasteiger partial charge in [0.15, 0.2) is 0 Å². The first-order chi connectivity index (χ1) is 18.9. The predicted octanol–water partition coefficient (Wildman–Crippen LogP) is 4.99. The van der Waals surface area contributed by atoms with Crippen molar-refractivity contribution in [2.24, 2.45) is 0 Å². The van der Waals surface area contributed by atoms with Crippen molar-refractivity contribution < 1.29 is 24.5 Å². The van der Waals surface area contributed by atoms with E-state index in [1.807, 2.05) is 35.9 Å². The summed E-state index contributed by atoms with van der Waals surface area (Å²) in [5.74, 6) is -0.986. The molecule has 8 heteroatoms. The van der Waals surface area contributed by atoms with Crippen LogP contribution >= 0.6 is 0 Å². The normalized spacial score (nSPS) is 16.5. The molecule has 1 unspecified atom stereocenters. The minimum Gasteiger partial charge on any atom is -0.508 e. The standard InChI is InChI=1S/C31H29N3O5/c1-21-4-2-5-22(18-21)19-39-26-12-8-24(9-13-26)29(36)27-28(23-6-10-25(35)11-7-23)34(31(38)30(27)37)16-3-15-33-17-14-32-20-33/h2,4-14,17-18,20,28,35-36H,3,15-16,19H2,1H3. The molecule has 0 aliphatic carbocycles. The molecule has 1 atom stereocenters. The topological polar surface area (TPSA) is 105 Å². The van der Waals surface area contributed by atoms with E-state index < -0.39 is 17.7 Å². The average molecular weight is 524 g/mol. The van der Waals surface area contributed by atoms with Crippen molar-refractivity contribution in [3.05, 3.63) is 119 Å². The minimum absolute atomic E-state index is 0.0155. The molecule has 0 bridgehead atoms. The van der Waals surface area contributed by atoms with Crippen LogP contribution in [0.15, 0.2) is 97.1 Å². The average Bonchev–Trinajstić information content (AvgIpc) is 3.55. The monoisotopic (exact) mass is 523 g/mol. The third-order valence-electron chi connectivity index (χ3n) is 6.74. The second kappa shape index (κ2) is 11.3. The number of benzene rings is 3. The van der Waals surface area contributed by atoms with Gasteiger partial charge < -0.3 is 24.4 Å². The summed E-state index contributed by atoms with van der Waals surface area (Å²) in [7, 11) is 0. The highest BCUT2D eigenvalue weighted by Crippen LogP contribution is 2.40. The molecule has 0 radical (unpaired) electrons. The Morgan fingerprint density at radius 2 is 1.77 bits per heavy atom. The highest BCUT2D eigenvalue weighted by molar-refractivity contribution is 6.46. The number of ether oxygens (including phenoxy) is 1. The van der Waals surface area contributed by atoms with Gasteiger partial charge in [-0.3, -0.25) is 9.59 Å². The third kappa shape index (κ3) is 5.70. The molecule has 1 aliphatic rings. The number of ketones is 1. The molecule has 1 saturated heterocycles. The maximum atomic E-state index is 13.2. The van der Waals surface area contributed by atoms with Gasteiger partial charge in [-0.25, -0.2) is 4.98 Å². The summed E-state index contributed by atoms with van der Waals surface area (Å²) in [6.07, 6.45) is 5.80. The fraction of sp³-hybridized carbons (Fsp3) is 0.194.